The predicted octanol–water partition coefficient (Wildman–Crippen LogP) is 4.07. The van der Waals surface area contributed by atoms with E-state index in [9.17, 15) is 0 Å². The predicted molar refractivity (Wildman–Crippen MR) is 77.1 cm³/mol. The maximum atomic E-state index is 4.40. The number of aromatic nitrogens is 2. The SMILES string of the molecule is CC1(C)CCC(Nc2ncnc3ccsc23)CC1. The van der Waals surface area contributed by atoms with Crippen LogP contribution in [0.5, 0.6) is 0 Å². The van der Waals surface area contributed by atoms with Crippen LogP contribution in [0.2, 0.25) is 0 Å². The number of fused-ring (bicyclic) bond motifs is 1. The van der Waals surface area contributed by atoms with Crippen molar-refractivity contribution in [2.24, 2.45) is 5.41 Å². The minimum absolute atomic E-state index is 0.516. The Morgan fingerprint density at radius 1 is 1.28 bits per heavy atom. The Morgan fingerprint density at radius 3 is 2.83 bits per heavy atom. The molecule has 0 amide bonds. The van der Waals surface area contributed by atoms with Gasteiger partial charge in [0.1, 0.15) is 12.1 Å². The number of anilines is 1. The molecule has 2 aromatic rings. The summed E-state index contributed by atoms with van der Waals surface area (Å²) < 4.78 is 1.18. The van der Waals surface area contributed by atoms with Gasteiger partial charge in [0.2, 0.25) is 0 Å². The van der Waals surface area contributed by atoms with Crippen LogP contribution in [0.3, 0.4) is 0 Å². The van der Waals surface area contributed by atoms with Crippen LogP contribution in [-0.4, -0.2) is 16.0 Å². The molecule has 0 saturated heterocycles. The van der Waals surface area contributed by atoms with Crippen molar-refractivity contribution in [2.45, 2.75) is 45.6 Å². The molecule has 3 rings (SSSR count). The summed E-state index contributed by atoms with van der Waals surface area (Å²) in [5.74, 6) is 1.01. The Balaban J connectivity index is 1.75. The number of nitrogens with zero attached hydrogens (tertiary/aromatic N) is 2. The van der Waals surface area contributed by atoms with Gasteiger partial charge in [0.25, 0.3) is 0 Å². The second-order valence-electron chi connectivity index (χ2n) is 5.94. The van der Waals surface area contributed by atoms with Crippen molar-refractivity contribution in [1.29, 1.82) is 0 Å². The second-order valence-corrected chi connectivity index (χ2v) is 6.86. The first kappa shape index (κ1) is 11.9. The minimum atomic E-state index is 0.516. The van der Waals surface area contributed by atoms with Gasteiger partial charge in [-0.2, -0.15) is 0 Å². The molecule has 1 aliphatic rings. The van der Waals surface area contributed by atoms with E-state index in [2.05, 4.69) is 40.6 Å². The molecule has 18 heavy (non-hydrogen) atoms. The molecule has 2 heterocycles. The van der Waals surface area contributed by atoms with Crippen LogP contribution in [0.4, 0.5) is 5.82 Å². The van der Waals surface area contributed by atoms with Gasteiger partial charge < -0.3 is 5.32 Å². The molecule has 1 saturated carbocycles. The van der Waals surface area contributed by atoms with E-state index in [1.165, 1.54) is 30.4 Å². The number of nitrogens with one attached hydrogen (secondary N) is 1. The van der Waals surface area contributed by atoms with Crippen molar-refractivity contribution < 1.29 is 0 Å². The Morgan fingerprint density at radius 2 is 2.06 bits per heavy atom. The largest absolute Gasteiger partial charge is 0.366 e. The van der Waals surface area contributed by atoms with Gasteiger partial charge in [0, 0.05) is 6.04 Å². The summed E-state index contributed by atoms with van der Waals surface area (Å²) in [4.78, 5) is 8.68. The minimum Gasteiger partial charge on any atom is -0.366 e. The molecule has 2 aromatic heterocycles. The Kier molecular flexibility index (Phi) is 2.98. The third kappa shape index (κ3) is 2.34. The summed E-state index contributed by atoms with van der Waals surface area (Å²) in [6.45, 7) is 4.73. The topological polar surface area (TPSA) is 37.8 Å². The van der Waals surface area contributed by atoms with E-state index in [1.54, 1.807) is 17.7 Å². The standard InChI is InChI=1S/C14H19N3S/c1-14(2)6-3-10(4-7-14)17-13-12-11(5-8-18-12)15-9-16-13/h5,8-10H,3-4,6-7H2,1-2H3,(H,15,16,17). The van der Waals surface area contributed by atoms with E-state index in [4.69, 9.17) is 0 Å². The fourth-order valence-electron chi connectivity index (χ4n) is 2.63. The van der Waals surface area contributed by atoms with Crippen molar-refractivity contribution in [2.75, 3.05) is 5.32 Å². The van der Waals surface area contributed by atoms with Gasteiger partial charge in [0.15, 0.2) is 0 Å². The van der Waals surface area contributed by atoms with Crippen LogP contribution in [0.1, 0.15) is 39.5 Å². The summed E-state index contributed by atoms with van der Waals surface area (Å²) in [5, 5.41) is 5.68. The number of thiophene rings is 1. The van der Waals surface area contributed by atoms with E-state index in [-0.39, 0.29) is 0 Å². The number of hydrogen-bond acceptors (Lipinski definition) is 4. The average Bonchev–Trinajstić information content (AvgIpc) is 2.81. The molecule has 0 radical (unpaired) electrons. The van der Waals surface area contributed by atoms with Crippen LogP contribution >= 0.6 is 11.3 Å². The summed E-state index contributed by atoms with van der Waals surface area (Å²) in [5.41, 5.74) is 1.57. The van der Waals surface area contributed by atoms with Crippen LogP contribution in [0, 0.1) is 5.41 Å². The normalized spacial score (nSPS) is 20.1. The highest BCUT2D eigenvalue weighted by Gasteiger charge is 2.27. The lowest BCUT2D eigenvalue weighted by Crippen LogP contribution is -2.30. The van der Waals surface area contributed by atoms with Gasteiger partial charge in [-0.05, 0) is 42.5 Å². The average molecular weight is 261 g/mol. The van der Waals surface area contributed by atoms with E-state index in [0.717, 1.165) is 11.3 Å². The van der Waals surface area contributed by atoms with Crippen molar-refractivity contribution in [3.8, 4) is 0 Å². The molecule has 1 fully saturated rings. The summed E-state index contributed by atoms with van der Waals surface area (Å²) in [7, 11) is 0. The Labute approximate surface area is 112 Å². The van der Waals surface area contributed by atoms with Crippen LogP contribution in [-0.2, 0) is 0 Å². The summed E-state index contributed by atoms with van der Waals surface area (Å²) in [6.07, 6.45) is 6.73. The zero-order valence-electron chi connectivity index (χ0n) is 10.9. The van der Waals surface area contributed by atoms with E-state index in [0.29, 0.717) is 11.5 Å². The molecule has 1 aliphatic carbocycles. The van der Waals surface area contributed by atoms with Gasteiger partial charge in [-0.3, -0.25) is 0 Å². The van der Waals surface area contributed by atoms with Crippen LogP contribution in [0.15, 0.2) is 17.8 Å². The third-order valence-electron chi connectivity index (χ3n) is 3.92. The second kappa shape index (κ2) is 4.50. The smallest absolute Gasteiger partial charge is 0.147 e. The molecule has 0 spiro atoms. The highest BCUT2D eigenvalue weighted by molar-refractivity contribution is 7.17. The molecule has 96 valence electrons. The third-order valence-corrected chi connectivity index (χ3v) is 4.83. The lowest BCUT2D eigenvalue weighted by atomic mass is 9.75. The van der Waals surface area contributed by atoms with Gasteiger partial charge in [-0.15, -0.1) is 11.3 Å². The molecule has 0 aliphatic heterocycles. The molecule has 0 aromatic carbocycles. The Hall–Kier alpha value is -1.16. The first-order valence-electron chi connectivity index (χ1n) is 6.59. The number of rotatable bonds is 2. The molecule has 0 unspecified atom stereocenters. The molecule has 0 atom stereocenters. The quantitative estimate of drug-likeness (QED) is 0.885. The molecule has 4 heteroatoms. The lowest BCUT2D eigenvalue weighted by molar-refractivity contribution is 0.232. The molecule has 1 N–H and O–H groups in total. The van der Waals surface area contributed by atoms with Gasteiger partial charge >= 0.3 is 0 Å². The molecular weight excluding hydrogens is 242 g/mol. The molecular formula is C14H19N3S. The Bertz CT molecular complexity index is 537. The van der Waals surface area contributed by atoms with E-state index in [1.807, 2.05) is 0 Å². The van der Waals surface area contributed by atoms with E-state index < -0.39 is 0 Å². The summed E-state index contributed by atoms with van der Waals surface area (Å²) in [6, 6.07) is 2.62. The maximum Gasteiger partial charge on any atom is 0.147 e. The highest BCUT2D eigenvalue weighted by atomic mass is 32.1. The lowest BCUT2D eigenvalue weighted by Gasteiger charge is -2.34. The summed E-state index contributed by atoms with van der Waals surface area (Å²) >= 11 is 1.71. The first-order chi connectivity index (χ1) is 8.64. The molecule has 0 bridgehead atoms. The van der Waals surface area contributed by atoms with Crippen LogP contribution in [0.25, 0.3) is 10.2 Å². The van der Waals surface area contributed by atoms with Crippen molar-refractivity contribution >= 4 is 27.4 Å². The fourth-order valence-corrected chi connectivity index (χ4v) is 3.43. The fraction of sp³-hybridized carbons (Fsp3) is 0.571. The van der Waals surface area contributed by atoms with Crippen molar-refractivity contribution in [1.82, 2.24) is 9.97 Å². The monoisotopic (exact) mass is 261 g/mol. The van der Waals surface area contributed by atoms with Gasteiger partial charge in [-0.25, -0.2) is 9.97 Å². The molecule has 3 nitrogen and oxygen atoms in total. The van der Waals surface area contributed by atoms with Crippen LogP contribution < -0.4 is 5.32 Å². The van der Waals surface area contributed by atoms with Gasteiger partial charge in [0.05, 0.1) is 10.2 Å². The zero-order valence-corrected chi connectivity index (χ0v) is 11.8. The van der Waals surface area contributed by atoms with E-state index >= 15 is 0 Å². The van der Waals surface area contributed by atoms with Gasteiger partial charge in [-0.1, -0.05) is 13.8 Å². The zero-order chi connectivity index (χ0) is 12.6. The van der Waals surface area contributed by atoms with Crippen molar-refractivity contribution in [3.05, 3.63) is 17.8 Å². The highest BCUT2D eigenvalue weighted by Crippen LogP contribution is 2.36. The van der Waals surface area contributed by atoms with Crippen molar-refractivity contribution in [3.63, 3.8) is 0 Å². The maximum absolute atomic E-state index is 4.40. The first-order valence-corrected chi connectivity index (χ1v) is 7.47. The number of hydrogen-bond donors (Lipinski definition) is 1.